The summed E-state index contributed by atoms with van der Waals surface area (Å²) in [6.45, 7) is 3.97. The van der Waals surface area contributed by atoms with E-state index in [-0.39, 0.29) is 17.9 Å². The second-order valence-electron chi connectivity index (χ2n) is 4.12. The Morgan fingerprint density at radius 3 is 2.47 bits per heavy atom. The Balaban J connectivity index is 2.19. The van der Waals surface area contributed by atoms with E-state index in [1.54, 1.807) is 0 Å². The summed E-state index contributed by atoms with van der Waals surface area (Å²) in [7, 11) is 0. The van der Waals surface area contributed by atoms with Crippen LogP contribution in [-0.4, -0.2) is 67.8 Å². The maximum Gasteiger partial charge on any atom is 0.289 e. The lowest BCUT2D eigenvalue weighted by Crippen LogP contribution is -2.31. The van der Waals surface area contributed by atoms with Gasteiger partial charge in [-0.05, 0) is 6.92 Å². The molecule has 0 aliphatic carbocycles. The van der Waals surface area contributed by atoms with Crippen LogP contribution in [0, 0.1) is 0 Å². The number of carbonyl (C=O) groups excluding carboxylic acids is 2. The number of nitrogens with zero attached hydrogens (tertiary/aromatic N) is 1. The summed E-state index contributed by atoms with van der Waals surface area (Å²) in [6, 6.07) is 0. The fraction of sp³-hybridized carbons (Fsp3) is 0.667. The summed E-state index contributed by atoms with van der Waals surface area (Å²) in [5.74, 6) is -1.25. The number of carbonyl (C=O) groups is 2. The number of rotatable bonds is 9. The van der Waals surface area contributed by atoms with Crippen molar-refractivity contribution in [3.05, 3.63) is 11.3 Å². The van der Waals surface area contributed by atoms with Crippen molar-refractivity contribution in [1.82, 2.24) is 4.90 Å². The normalized spacial score (nSPS) is 15.5. The van der Waals surface area contributed by atoms with E-state index in [2.05, 4.69) is 0 Å². The van der Waals surface area contributed by atoms with Crippen molar-refractivity contribution in [2.75, 3.05) is 46.1 Å². The van der Waals surface area contributed by atoms with Crippen LogP contribution in [0.5, 0.6) is 0 Å². The van der Waals surface area contributed by atoms with Crippen molar-refractivity contribution >= 4 is 11.7 Å². The number of amides is 1. The second-order valence-corrected chi connectivity index (χ2v) is 4.12. The van der Waals surface area contributed by atoms with Crippen LogP contribution < -0.4 is 5.73 Å². The molecule has 19 heavy (non-hydrogen) atoms. The topological polar surface area (TPSA) is 102 Å². The Morgan fingerprint density at radius 2 is 1.95 bits per heavy atom. The Labute approximate surface area is 112 Å². The Morgan fingerprint density at radius 1 is 1.32 bits per heavy atom. The van der Waals surface area contributed by atoms with E-state index in [9.17, 15) is 14.7 Å². The lowest BCUT2D eigenvalue weighted by atomic mass is 10.2. The average Bonchev–Trinajstić information content (AvgIpc) is 2.66. The number of aliphatic hydroxyl groups is 1. The zero-order valence-electron chi connectivity index (χ0n) is 11.1. The highest BCUT2D eigenvalue weighted by molar-refractivity contribution is 6.06. The molecule has 0 saturated heterocycles. The smallest absolute Gasteiger partial charge is 0.289 e. The van der Waals surface area contributed by atoms with Crippen LogP contribution in [0.1, 0.15) is 6.92 Å². The zero-order valence-corrected chi connectivity index (χ0v) is 11.1. The first kappa shape index (κ1) is 15.6. The maximum atomic E-state index is 11.6. The summed E-state index contributed by atoms with van der Waals surface area (Å²) < 4.78 is 10.4. The molecule has 7 nitrogen and oxygen atoms in total. The van der Waals surface area contributed by atoms with E-state index in [1.165, 1.54) is 11.8 Å². The number of nitrogens with two attached hydrogens (primary N) is 1. The summed E-state index contributed by atoms with van der Waals surface area (Å²) in [5, 5.41) is 9.49. The lowest BCUT2D eigenvalue weighted by molar-refractivity contribution is -0.128. The Bertz CT molecular complexity index is 367. The number of aliphatic hydroxyl groups excluding tert-OH is 1. The second kappa shape index (κ2) is 7.88. The van der Waals surface area contributed by atoms with Crippen molar-refractivity contribution in [3.63, 3.8) is 0 Å². The van der Waals surface area contributed by atoms with Crippen molar-refractivity contribution < 1.29 is 24.2 Å². The molecule has 0 aromatic rings. The molecule has 0 unspecified atom stereocenters. The van der Waals surface area contributed by atoms with Gasteiger partial charge in [0.25, 0.3) is 5.91 Å². The SMILES string of the molecule is CC(=O)C1=C(O)C(=O)N(CCOCCOCCN)C1. The van der Waals surface area contributed by atoms with Gasteiger partial charge in [-0.25, -0.2) is 0 Å². The first-order valence-electron chi connectivity index (χ1n) is 6.15. The number of hydrogen-bond donors (Lipinski definition) is 2. The summed E-state index contributed by atoms with van der Waals surface area (Å²) in [5.41, 5.74) is 5.42. The lowest BCUT2D eigenvalue weighted by Gasteiger charge is -2.15. The molecule has 3 N–H and O–H groups in total. The molecule has 0 radical (unpaired) electrons. The van der Waals surface area contributed by atoms with Crippen LogP contribution in [0.25, 0.3) is 0 Å². The molecule has 108 valence electrons. The Kier molecular flexibility index (Phi) is 6.48. The van der Waals surface area contributed by atoms with E-state index in [0.29, 0.717) is 39.5 Å². The molecule has 0 spiro atoms. The number of Topliss-reactive ketones (excluding diaryl/α,β-unsaturated/α-hetero) is 1. The summed E-state index contributed by atoms with van der Waals surface area (Å²) in [4.78, 5) is 24.1. The number of hydrogen-bond acceptors (Lipinski definition) is 6. The molecule has 0 saturated carbocycles. The number of ketones is 1. The zero-order chi connectivity index (χ0) is 14.3. The van der Waals surface area contributed by atoms with Gasteiger partial charge in [0.2, 0.25) is 0 Å². The van der Waals surface area contributed by atoms with Crippen molar-refractivity contribution in [1.29, 1.82) is 0 Å². The fourth-order valence-electron chi connectivity index (χ4n) is 1.66. The minimum absolute atomic E-state index is 0.146. The van der Waals surface area contributed by atoms with Crippen LogP contribution >= 0.6 is 0 Å². The van der Waals surface area contributed by atoms with Gasteiger partial charge in [-0.1, -0.05) is 0 Å². The molecule has 7 heteroatoms. The third-order valence-corrected chi connectivity index (χ3v) is 2.69. The molecule has 1 heterocycles. The Hall–Kier alpha value is -1.44. The van der Waals surface area contributed by atoms with E-state index >= 15 is 0 Å². The van der Waals surface area contributed by atoms with Gasteiger partial charge in [-0.15, -0.1) is 0 Å². The highest BCUT2D eigenvalue weighted by atomic mass is 16.5. The van der Waals surface area contributed by atoms with Crippen LogP contribution in [0.4, 0.5) is 0 Å². The summed E-state index contributed by atoms with van der Waals surface area (Å²) in [6.07, 6.45) is 0. The van der Waals surface area contributed by atoms with Gasteiger partial charge in [0.1, 0.15) is 0 Å². The highest BCUT2D eigenvalue weighted by Crippen LogP contribution is 2.17. The van der Waals surface area contributed by atoms with Gasteiger partial charge in [0, 0.05) is 13.1 Å². The highest BCUT2D eigenvalue weighted by Gasteiger charge is 2.31. The minimum atomic E-state index is -0.520. The van der Waals surface area contributed by atoms with Gasteiger partial charge < -0.3 is 25.2 Å². The van der Waals surface area contributed by atoms with E-state index in [0.717, 1.165) is 0 Å². The molecule has 1 aliphatic rings. The molecule has 1 amide bonds. The molecule has 0 aromatic carbocycles. The fourth-order valence-corrected chi connectivity index (χ4v) is 1.66. The minimum Gasteiger partial charge on any atom is -0.503 e. The van der Waals surface area contributed by atoms with Gasteiger partial charge >= 0.3 is 0 Å². The first-order chi connectivity index (χ1) is 9.07. The van der Waals surface area contributed by atoms with Crippen molar-refractivity contribution in [2.45, 2.75) is 6.92 Å². The molecule has 0 atom stereocenters. The molecule has 0 aromatic heterocycles. The quantitative estimate of drug-likeness (QED) is 0.534. The van der Waals surface area contributed by atoms with Crippen LogP contribution in [-0.2, 0) is 19.1 Å². The van der Waals surface area contributed by atoms with Crippen LogP contribution in [0.2, 0.25) is 0 Å². The largest absolute Gasteiger partial charge is 0.503 e. The predicted molar refractivity (Wildman–Crippen MR) is 67.6 cm³/mol. The molecule has 0 bridgehead atoms. The molecular weight excluding hydrogens is 252 g/mol. The van der Waals surface area contributed by atoms with Gasteiger partial charge in [0.15, 0.2) is 11.5 Å². The van der Waals surface area contributed by atoms with Crippen LogP contribution in [0.3, 0.4) is 0 Å². The molecule has 1 aliphatic heterocycles. The third kappa shape index (κ3) is 4.62. The molecular formula is C12H20N2O5. The van der Waals surface area contributed by atoms with Gasteiger partial charge in [0.05, 0.1) is 38.5 Å². The van der Waals surface area contributed by atoms with Gasteiger partial charge in [-0.2, -0.15) is 0 Å². The van der Waals surface area contributed by atoms with E-state index in [1.807, 2.05) is 0 Å². The van der Waals surface area contributed by atoms with Gasteiger partial charge in [-0.3, -0.25) is 9.59 Å². The van der Waals surface area contributed by atoms with Crippen LogP contribution in [0.15, 0.2) is 11.3 Å². The monoisotopic (exact) mass is 272 g/mol. The van der Waals surface area contributed by atoms with Crippen molar-refractivity contribution in [3.8, 4) is 0 Å². The summed E-state index contributed by atoms with van der Waals surface area (Å²) >= 11 is 0. The standard InChI is InChI=1S/C12H20N2O5/c1-9(15)10-8-14(12(17)11(10)16)3-5-19-7-6-18-4-2-13/h16H,2-8,13H2,1H3. The molecule has 1 rings (SSSR count). The van der Waals surface area contributed by atoms with E-state index < -0.39 is 11.7 Å². The first-order valence-corrected chi connectivity index (χ1v) is 6.15. The number of ether oxygens (including phenoxy) is 2. The average molecular weight is 272 g/mol. The van der Waals surface area contributed by atoms with Crippen molar-refractivity contribution in [2.24, 2.45) is 5.73 Å². The third-order valence-electron chi connectivity index (χ3n) is 2.69. The predicted octanol–water partition coefficient (Wildman–Crippen LogP) is -0.778. The molecule has 0 fully saturated rings. The maximum absolute atomic E-state index is 11.6. The van der Waals surface area contributed by atoms with E-state index in [4.69, 9.17) is 15.2 Å².